The Labute approximate surface area is 95.1 Å². The molecule has 0 aliphatic carbocycles. The van der Waals surface area contributed by atoms with Crippen molar-refractivity contribution in [3.63, 3.8) is 0 Å². The van der Waals surface area contributed by atoms with Gasteiger partial charge in [-0.15, -0.1) is 0 Å². The fourth-order valence-corrected chi connectivity index (χ4v) is 2.29. The number of nitrogens with two attached hydrogens (primary N) is 1. The van der Waals surface area contributed by atoms with Crippen LogP contribution in [0.5, 0.6) is 11.5 Å². The van der Waals surface area contributed by atoms with E-state index in [9.17, 15) is 8.42 Å². The number of sulfone groups is 1. The molecule has 6 heteroatoms. The molecule has 90 valence electrons. The van der Waals surface area contributed by atoms with Crippen LogP contribution in [0.25, 0.3) is 0 Å². The lowest BCUT2D eigenvalue weighted by atomic mass is 10.2. The molecule has 0 fully saturated rings. The Balaban J connectivity index is 3.56. The van der Waals surface area contributed by atoms with E-state index in [1.165, 1.54) is 20.3 Å². The third-order valence-corrected chi connectivity index (χ3v) is 3.27. The van der Waals surface area contributed by atoms with E-state index in [0.29, 0.717) is 11.3 Å². The Bertz CT molecular complexity index is 482. The van der Waals surface area contributed by atoms with Crippen LogP contribution in [0.4, 0.5) is 0 Å². The van der Waals surface area contributed by atoms with Gasteiger partial charge in [-0.1, -0.05) is 0 Å². The maximum atomic E-state index is 11.6. The topological polar surface area (TPSA) is 78.6 Å². The molecular formula is C10H15NO4S. The van der Waals surface area contributed by atoms with Crippen LogP contribution in [-0.4, -0.2) is 28.9 Å². The van der Waals surface area contributed by atoms with Crippen molar-refractivity contribution in [1.82, 2.24) is 0 Å². The number of ether oxygens (including phenoxy) is 2. The van der Waals surface area contributed by atoms with E-state index in [1.54, 1.807) is 6.07 Å². The molecule has 2 N–H and O–H groups in total. The zero-order valence-electron chi connectivity index (χ0n) is 9.48. The average molecular weight is 245 g/mol. The Morgan fingerprint density at radius 1 is 1.25 bits per heavy atom. The van der Waals surface area contributed by atoms with Gasteiger partial charge in [0.05, 0.1) is 14.2 Å². The maximum absolute atomic E-state index is 11.6. The predicted octanol–water partition coefficient (Wildman–Crippen LogP) is 0.566. The lowest BCUT2D eigenvalue weighted by molar-refractivity contribution is 0.387. The molecule has 5 nitrogen and oxygen atoms in total. The summed E-state index contributed by atoms with van der Waals surface area (Å²) in [5, 5.41) is 0. The number of hydrogen-bond acceptors (Lipinski definition) is 5. The van der Waals surface area contributed by atoms with E-state index in [-0.39, 0.29) is 17.2 Å². The van der Waals surface area contributed by atoms with Crippen LogP contribution >= 0.6 is 0 Å². The second-order valence-electron chi connectivity index (χ2n) is 3.29. The van der Waals surface area contributed by atoms with E-state index >= 15 is 0 Å². The molecule has 0 spiro atoms. The smallest absolute Gasteiger partial charge is 0.179 e. The highest BCUT2D eigenvalue weighted by Crippen LogP contribution is 2.32. The van der Waals surface area contributed by atoms with Gasteiger partial charge in [-0.3, -0.25) is 0 Å². The molecule has 0 unspecified atom stereocenters. The minimum Gasteiger partial charge on any atom is -0.497 e. The summed E-state index contributed by atoms with van der Waals surface area (Å²) in [6.07, 6.45) is 1.12. The first-order chi connectivity index (χ1) is 7.43. The van der Waals surface area contributed by atoms with Gasteiger partial charge in [-0.25, -0.2) is 8.42 Å². The molecule has 0 saturated carbocycles. The highest BCUT2D eigenvalue weighted by Gasteiger charge is 2.19. The molecule has 16 heavy (non-hydrogen) atoms. The zero-order valence-corrected chi connectivity index (χ0v) is 10.3. The number of methoxy groups -OCH3 is 2. The fraction of sp³-hybridized carbons (Fsp3) is 0.400. The van der Waals surface area contributed by atoms with Crippen molar-refractivity contribution in [3.8, 4) is 11.5 Å². The first kappa shape index (κ1) is 12.8. The number of rotatable bonds is 4. The number of hydrogen-bond donors (Lipinski definition) is 1. The van der Waals surface area contributed by atoms with Crippen molar-refractivity contribution >= 4 is 9.84 Å². The summed E-state index contributed by atoms with van der Waals surface area (Å²) in [7, 11) is -0.493. The molecule has 0 bridgehead atoms. The van der Waals surface area contributed by atoms with Crippen molar-refractivity contribution in [2.75, 3.05) is 20.5 Å². The summed E-state index contributed by atoms with van der Waals surface area (Å²) in [6.45, 7) is 0.183. The quantitative estimate of drug-likeness (QED) is 0.838. The highest BCUT2D eigenvalue weighted by molar-refractivity contribution is 7.90. The van der Waals surface area contributed by atoms with E-state index in [1.807, 2.05) is 0 Å². The Morgan fingerprint density at radius 2 is 1.88 bits per heavy atom. The van der Waals surface area contributed by atoms with Crippen LogP contribution in [0, 0.1) is 0 Å². The van der Waals surface area contributed by atoms with Crippen molar-refractivity contribution in [1.29, 1.82) is 0 Å². The van der Waals surface area contributed by atoms with E-state index in [0.717, 1.165) is 6.26 Å². The normalized spacial score (nSPS) is 11.2. The van der Waals surface area contributed by atoms with Crippen LogP contribution in [-0.2, 0) is 16.4 Å². The van der Waals surface area contributed by atoms with Gasteiger partial charge in [0.25, 0.3) is 0 Å². The van der Waals surface area contributed by atoms with Crippen LogP contribution in [0.2, 0.25) is 0 Å². The van der Waals surface area contributed by atoms with Gasteiger partial charge >= 0.3 is 0 Å². The molecule has 0 saturated heterocycles. The van der Waals surface area contributed by atoms with Crippen molar-refractivity contribution < 1.29 is 17.9 Å². The first-order valence-corrected chi connectivity index (χ1v) is 6.48. The fourth-order valence-electron chi connectivity index (χ4n) is 1.41. The van der Waals surface area contributed by atoms with Crippen molar-refractivity contribution in [2.45, 2.75) is 11.4 Å². The summed E-state index contributed by atoms with van der Waals surface area (Å²) in [5.74, 6) is 0.729. The third kappa shape index (κ3) is 2.45. The lowest BCUT2D eigenvalue weighted by Gasteiger charge is -2.13. The third-order valence-electron chi connectivity index (χ3n) is 2.16. The summed E-state index contributed by atoms with van der Waals surface area (Å²) < 4.78 is 33.2. The standard InChI is InChI=1S/C10H15NO4S/c1-14-8-4-7(6-11)10(15-2)9(5-8)16(3,12)13/h4-5H,6,11H2,1-3H3. The summed E-state index contributed by atoms with van der Waals surface area (Å²) in [4.78, 5) is 0.0924. The Morgan fingerprint density at radius 3 is 2.25 bits per heavy atom. The molecule has 0 aromatic heterocycles. The molecular weight excluding hydrogens is 230 g/mol. The van der Waals surface area contributed by atoms with Gasteiger partial charge in [-0.05, 0) is 6.07 Å². The second kappa shape index (κ2) is 4.71. The first-order valence-electron chi connectivity index (χ1n) is 4.59. The Kier molecular flexibility index (Phi) is 3.77. The largest absolute Gasteiger partial charge is 0.497 e. The molecule has 1 aromatic carbocycles. The summed E-state index contributed by atoms with van der Waals surface area (Å²) in [6, 6.07) is 3.08. The highest BCUT2D eigenvalue weighted by atomic mass is 32.2. The Hall–Kier alpha value is -1.27. The van der Waals surface area contributed by atoms with Gasteiger partial charge in [0.15, 0.2) is 9.84 Å². The molecule has 1 rings (SSSR count). The van der Waals surface area contributed by atoms with Crippen molar-refractivity contribution in [2.24, 2.45) is 5.73 Å². The monoisotopic (exact) mass is 245 g/mol. The van der Waals surface area contributed by atoms with Crippen LogP contribution in [0.1, 0.15) is 5.56 Å². The predicted molar refractivity (Wildman–Crippen MR) is 60.5 cm³/mol. The summed E-state index contributed by atoms with van der Waals surface area (Å²) >= 11 is 0. The average Bonchev–Trinajstić information content (AvgIpc) is 2.25. The molecule has 1 aromatic rings. The van der Waals surface area contributed by atoms with Crippen LogP contribution in [0.3, 0.4) is 0 Å². The van der Waals surface area contributed by atoms with Gasteiger partial charge in [0.2, 0.25) is 0 Å². The maximum Gasteiger partial charge on any atom is 0.179 e. The van der Waals surface area contributed by atoms with Crippen LogP contribution in [0.15, 0.2) is 17.0 Å². The van der Waals surface area contributed by atoms with E-state index in [4.69, 9.17) is 15.2 Å². The van der Waals surface area contributed by atoms with Crippen molar-refractivity contribution in [3.05, 3.63) is 17.7 Å². The van der Waals surface area contributed by atoms with Gasteiger partial charge in [-0.2, -0.15) is 0 Å². The number of benzene rings is 1. The summed E-state index contributed by atoms with van der Waals surface area (Å²) in [5.41, 5.74) is 6.13. The van der Waals surface area contributed by atoms with Gasteiger partial charge < -0.3 is 15.2 Å². The molecule has 0 heterocycles. The minimum absolute atomic E-state index is 0.0924. The molecule has 0 atom stereocenters. The molecule has 0 aliphatic heterocycles. The van der Waals surface area contributed by atoms with E-state index in [2.05, 4.69) is 0 Å². The zero-order chi connectivity index (χ0) is 12.3. The van der Waals surface area contributed by atoms with Gasteiger partial charge in [0.1, 0.15) is 16.4 Å². The SMILES string of the molecule is COc1cc(CN)c(OC)c(S(C)(=O)=O)c1. The molecule has 0 radical (unpaired) electrons. The molecule has 0 aliphatic rings. The molecule has 0 amide bonds. The lowest BCUT2D eigenvalue weighted by Crippen LogP contribution is -2.07. The van der Waals surface area contributed by atoms with E-state index < -0.39 is 9.84 Å². The minimum atomic E-state index is -3.37. The second-order valence-corrected chi connectivity index (χ2v) is 5.28. The van der Waals surface area contributed by atoms with Gasteiger partial charge in [0, 0.05) is 24.4 Å². The van der Waals surface area contributed by atoms with Crippen LogP contribution < -0.4 is 15.2 Å².